The van der Waals surface area contributed by atoms with Gasteiger partial charge in [0, 0.05) is 23.8 Å². The summed E-state index contributed by atoms with van der Waals surface area (Å²) in [6, 6.07) is 6.15. The highest BCUT2D eigenvalue weighted by Gasteiger charge is 2.37. The largest absolute Gasteiger partial charge is 0.399 e. The van der Waals surface area contributed by atoms with Crippen LogP contribution >= 0.6 is 0 Å². The number of amides is 1. The van der Waals surface area contributed by atoms with Gasteiger partial charge in [-0.15, -0.1) is 0 Å². The Kier molecular flexibility index (Phi) is 3.21. The molecule has 2 unspecified atom stereocenters. The summed E-state index contributed by atoms with van der Waals surface area (Å²) in [5.74, 6) is 0.909. The summed E-state index contributed by atoms with van der Waals surface area (Å²) in [6.45, 7) is 2.90. The molecule has 1 saturated heterocycles. The molecule has 0 aromatic heterocycles. The van der Waals surface area contributed by atoms with Crippen LogP contribution in [0.5, 0.6) is 0 Å². The average molecular weight is 258 g/mol. The molecule has 19 heavy (non-hydrogen) atoms. The van der Waals surface area contributed by atoms with E-state index in [-0.39, 0.29) is 5.91 Å². The van der Waals surface area contributed by atoms with Gasteiger partial charge in [0.1, 0.15) is 0 Å². The fraction of sp³-hybridized carbons (Fsp3) is 0.562. The molecule has 3 nitrogen and oxygen atoms in total. The van der Waals surface area contributed by atoms with Gasteiger partial charge in [0.2, 0.25) is 0 Å². The molecule has 2 fully saturated rings. The maximum atomic E-state index is 12.7. The molecule has 1 saturated carbocycles. The average Bonchev–Trinajstić information content (AvgIpc) is 2.84. The molecule has 1 heterocycles. The second-order valence-corrected chi connectivity index (χ2v) is 6.03. The molecule has 2 N–H and O–H groups in total. The highest BCUT2D eigenvalue weighted by Crippen LogP contribution is 2.37. The maximum Gasteiger partial charge on any atom is 0.254 e. The Labute approximate surface area is 114 Å². The predicted octanol–water partition coefficient (Wildman–Crippen LogP) is 2.98. The minimum atomic E-state index is 0.173. The third-order valence-electron chi connectivity index (χ3n) is 4.60. The van der Waals surface area contributed by atoms with Crippen LogP contribution in [0.1, 0.15) is 48.0 Å². The van der Waals surface area contributed by atoms with Gasteiger partial charge in [-0.25, -0.2) is 0 Å². The number of nitrogens with two attached hydrogens (primary N) is 1. The van der Waals surface area contributed by atoms with Gasteiger partial charge in [0.25, 0.3) is 5.91 Å². The Morgan fingerprint density at radius 1 is 1.21 bits per heavy atom. The number of rotatable bonds is 1. The highest BCUT2D eigenvalue weighted by molar-refractivity contribution is 5.95. The number of carbonyl (C=O) groups excluding carboxylic acids is 1. The van der Waals surface area contributed by atoms with E-state index in [1.807, 2.05) is 25.1 Å². The van der Waals surface area contributed by atoms with E-state index in [2.05, 4.69) is 4.90 Å². The molecule has 2 atom stereocenters. The molecule has 2 aliphatic rings. The number of carbonyl (C=O) groups is 1. The van der Waals surface area contributed by atoms with Crippen molar-refractivity contribution >= 4 is 11.6 Å². The molecule has 3 rings (SSSR count). The normalized spacial score (nSPS) is 26.3. The first kappa shape index (κ1) is 12.5. The summed E-state index contributed by atoms with van der Waals surface area (Å²) >= 11 is 0. The summed E-state index contributed by atoms with van der Waals surface area (Å²) in [5.41, 5.74) is 8.36. The first-order valence-corrected chi connectivity index (χ1v) is 7.33. The van der Waals surface area contributed by atoms with E-state index in [4.69, 9.17) is 5.73 Å². The smallest absolute Gasteiger partial charge is 0.254 e. The van der Waals surface area contributed by atoms with Crippen LogP contribution in [0.2, 0.25) is 0 Å². The standard InChI is InChI=1S/C16H22N2O/c1-11-8-13(10-14(17)9-11)16(19)18-7-3-5-12-4-2-6-15(12)18/h8-10,12,15H,2-7,17H2,1H3. The Morgan fingerprint density at radius 2 is 2.00 bits per heavy atom. The molecule has 1 aromatic carbocycles. The topological polar surface area (TPSA) is 46.3 Å². The number of fused-ring (bicyclic) bond motifs is 1. The van der Waals surface area contributed by atoms with Crippen molar-refractivity contribution in [2.24, 2.45) is 5.92 Å². The summed E-state index contributed by atoms with van der Waals surface area (Å²) < 4.78 is 0. The molecule has 1 aliphatic carbocycles. The van der Waals surface area contributed by atoms with E-state index >= 15 is 0 Å². The molecule has 1 aromatic rings. The van der Waals surface area contributed by atoms with E-state index in [9.17, 15) is 4.79 Å². The summed E-state index contributed by atoms with van der Waals surface area (Å²) in [4.78, 5) is 14.8. The van der Waals surface area contributed by atoms with Crippen molar-refractivity contribution in [3.05, 3.63) is 29.3 Å². The van der Waals surface area contributed by atoms with Crippen molar-refractivity contribution in [1.29, 1.82) is 0 Å². The quantitative estimate of drug-likeness (QED) is 0.787. The summed E-state index contributed by atoms with van der Waals surface area (Å²) in [6.07, 6.45) is 6.19. The number of anilines is 1. The molecule has 102 valence electrons. The van der Waals surface area contributed by atoms with Crippen LogP contribution in [0.4, 0.5) is 5.69 Å². The van der Waals surface area contributed by atoms with Gasteiger partial charge in [-0.2, -0.15) is 0 Å². The number of benzene rings is 1. The van der Waals surface area contributed by atoms with Crippen LogP contribution in [0.15, 0.2) is 18.2 Å². The molecule has 0 radical (unpaired) electrons. The Hall–Kier alpha value is -1.51. The number of nitrogens with zero attached hydrogens (tertiary/aromatic N) is 1. The van der Waals surface area contributed by atoms with Crippen LogP contribution in [0.25, 0.3) is 0 Å². The van der Waals surface area contributed by atoms with E-state index in [0.29, 0.717) is 11.7 Å². The number of hydrogen-bond donors (Lipinski definition) is 1. The zero-order valence-electron chi connectivity index (χ0n) is 11.6. The van der Waals surface area contributed by atoms with Gasteiger partial charge in [-0.05, 0) is 62.3 Å². The van der Waals surface area contributed by atoms with Crippen molar-refractivity contribution in [3.8, 4) is 0 Å². The van der Waals surface area contributed by atoms with Crippen LogP contribution in [-0.2, 0) is 0 Å². The molecule has 3 heteroatoms. The van der Waals surface area contributed by atoms with Crippen LogP contribution in [0, 0.1) is 12.8 Å². The highest BCUT2D eigenvalue weighted by atomic mass is 16.2. The molecule has 1 amide bonds. The Bertz CT molecular complexity index is 477. The Morgan fingerprint density at radius 3 is 2.79 bits per heavy atom. The number of aryl methyl sites for hydroxylation is 1. The van der Waals surface area contributed by atoms with Crippen molar-refractivity contribution in [1.82, 2.24) is 4.90 Å². The molecule has 0 spiro atoms. The van der Waals surface area contributed by atoms with Gasteiger partial charge in [-0.1, -0.05) is 6.42 Å². The van der Waals surface area contributed by atoms with Crippen molar-refractivity contribution < 1.29 is 4.79 Å². The van der Waals surface area contributed by atoms with Gasteiger partial charge in [0.15, 0.2) is 0 Å². The molecule has 0 bridgehead atoms. The fourth-order valence-electron chi connectivity index (χ4n) is 3.81. The number of likely N-dealkylation sites (tertiary alicyclic amines) is 1. The first-order chi connectivity index (χ1) is 9.15. The van der Waals surface area contributed by atoms with E-state index in [0.717, 1.165) is 30.0 Å². The zero-order chi connectivity index (χ0) is 13.4. The van der Waals surface area contributed by atoms with Crippen LogP contribution in [0.3, 0.4) is 0 Å². The van der Waals surface area contributed by atoms with E-state index in [1.165, 1.54) is 25.7 Å². The minimum absolute atomic E-state index is 0.173. The predicted molar refractivity (Wildman–Crippen MR) is 77.0 cm³/mol. The summed E-state index contributed by atoms with van der Waals surface area (Å²) in [5, 5.41) is 0. The molecular weight excluding hydrogens is 236 g/mol. The maximum absolute atomic E-state index is 12.7. The number of nitrogen functional groups attached to an aromatic ring is 1. The minimum Gasteiger partial charge on any atom is -0.399 e. The molecule has 1 aliphatic heterocycles. The first-order valence-electron chi connectivity index (χ1n) is 7.33. The molecular formula is C16H22N2O. The van der Waals surface area contributed by atoms with Crippen molar-refractivity contribution in [2.75, 3.05) is 12.3 Å². The lowest BCUT2D eigenvalue weighted by atomic mass is 9.91. The monoisotopic (exact) mass is 258 g/mol. The second kappa shape index (κ2) is 4.87. The number of piperidine rings is 1. The second-order valence-electron chi connectivity index (χ2n) is 6.03. The lowest BCUT2D eigenvalue weighted by molar-refractivity contribution is 0.0548. The Balaban J connectivity index is 1.86. The van der Waals surface area contributed by atoms with E-state index < -0.39 is 0 Å². The van der Waals surface area contributed by atoms with Crippen LogP contribution in [-0.4, -0.2) is 23.4 Å². The summed E-state index contributed by atoms with van der Waals surface area (Å²) in [7, 11) is 0. The third-order valence-corrected chi connectivity index (χ3v) is 4.60. The lowest BCUT2D eigenvalue weighted by Gasteiger charge is -2.38. The lowest BCUT2D eigenvalue weighted by Crippen LogP contribution is -2.46. The SMILES string of the molecule is Cc1cc(N)cc(C(=O)N2CCCC3CCCC32)c1. The van der Waals surface area contributed by atoms with Gasteiger partial charge < -0.3 is 10.6 Å². The van der Waals surface area contributed by atoms with Crippen molar-refractivity contribution in [3.63, 3.8) is 0 Å². The zero-order valence-corrected chi connectivity index (χ0v) is 11.6. The van der Waals surface area contributed by atoms with Crippen LogP contribution < -0.4 is 5.73 Å². The van der Waals surface area contributed by atoms with E-state index in [1.54, 1.807) is 0 Å². The number of hydrogen-bond acceptors (Lipinski definition) is 2. The fourth-order valence-corrected chi connectivity index (χ4v) is 3.81. The third kappa shape index (κ3) is 2.34. The van der Waals surface area contributed by atoms with Gasteiger partial charge in [-0.3, -0.25) is 4.79 Å². The van der Waals surface area contributed by atoms with Crippen molar-refractivity contribution in [2.45, 2.75) is 45.1 Å². The van der Waals surface area contributed by atoms with Gasteiger partial charge >= 0.3 is 0 Å². The van der Waals surface area contributed by atoms with Gasteiger partial charge in [0.05, 0.1) is 0 Å².